The first-order chi connectivity index (χ1) is 12.9. The van der Waals surface area contributed by atoms with Gasteiger partial charge in [0.25, 0.3) is 5.91 Å². The normalized spacial score (nSPS) is 12.0. The van der Waals surface area contributed by atoms with Crippen molar-refractivity contribution in [3.8, 4) is 5.75 Å². The first kappa shape index (κ1) is 18.4. The number of carbonyl (C=O) groups is 2. The van der Waals surface area contributed by atoms with Crippen LogP contribution in [0, 0.1) is 5.82 Å². The first-order valence-corrected chi connectivity index (χ1v) is 8.30. The van der Waals surface area contributed by atoms with Crippen LogP contribution in [-0.4, -0.2) is 34.7 Å². The van der Waals surface area contributed by atoms with Crippen LogP contribution in [0.25, 0.3) is 10.9 Å². The Hall–Kier alpha value is -3.35. The van der Waals surface area contributed by atoms with E-state index >= 15 is 0 Å². The van der Waals surface area contributed by atoms with Gasteiger partial charge in [-0.25, -0.2) is 9.18 Å². The third-order valence-electron chi connectivity index (χ3n) is 4.44. The van der Waals surface area contributed by atoms with Crippen LogP contribution in [0.15, 0.2) is 48.5 Å². The number of fused-ring (bicyclic) bond motifs is 1. The average molecular weight is 370 g/mol. The molecule has 3 aromatic rings. The van der Waals surface area contributed by atoms with Crippen molar-refractivity contribution in [2.24, 2.45) is 7.05 Å². The van der Waals surface area contributed by atoms with E-state index in [2.05, 4.69) is 5.32 Å². The fourth-order valence-corrected chi connectivity index (χ4v) is 2.96. The zero-order valence-corrected chi connectivity index (χ0v) is 14.9. The van der Waals surface area contributed by atoms with E-state index in [1.165, 1.54) is 24.3 Å². The minimum atomic E-state index is -1.16. The lowest BCUT2D eigenvalue weighted by atomic mass is 10.1. The van der Waals surface area contributed by atoms with Crippen LogP contribution < -0.4 is 10.1 Å². The Morgan fingerprint density at radius 3 is 2.52 bits per heavy atom. The monoisotopic (exact) mass is 370 g/mol. The molecule has 3 rings (SSSR count). The highest BCUT2D eigenvalue weighted by atomic mass is 19.1. The minimum absolute atomic E-state index is 0.0547. The number of aliphatic carboxylic acids is 1. The molecule has 0 radical (unpaired) electrons. The number of hydrogen-bond donors (Lipinski definition) is 2. The van der Waals surface area contributed by atoms with E-state index in [1.54, 1.807) is 36.9 Å². The van der Waals surface area contributed by atoms with Gasteiger partial charge in [0.05, 0.1) is 7.11 Å². The van der Waals surface area contributed by atoms with Gasteiger partial charge in [-0.2, -0.15) is 0 Å². The number of hydrogen-bond acceptors (Lipinski definition) is 3. The van der Waals surface area contributed by atoms with E-state index in [4.69, 9.17) is 4.74 Å². The summed E-state index contributed by atoms with van der Waals surface area (Å²) in [6, 6.07) is 11.5. The zero-order valence-electron chi connectivity index (χ0n) is 14.9. The third kappa shape index (κ3) is 3.92. The number of rotatable bonds is 6. The van der Waals surface area contributed by atoms with Crippen LogP contribution in [-0.2, 0) is 18.3 Å². The fourth-order valence-electron chi connectivity index (χ4n) is 2.96. The van der Waals surface area contributed by atoms with Gasteiger partial charge in [-0.15, -0.1) is 0 Å². The van der Waals surface area contributed by atoms with E-state index in [0.29, 0.717) is 17.0 Å². The highest BCUT2D eigenvalue weighted by Gasteiger charge is 2.23. The van der Waals surface area contributed by atoms with Gasteiger partial charge >= 0.3 is 5.97 Å². The van der Waals surface area contributed by atoms with E-state index in [-0.39, 0.29) is 6.42 Å². The van der Waals surface area contributed by atoms with Crippen molar-refractivity contribution in [2.75, 3.05) is 7.11 Å². The molecule has 0 saturated heterocycles. The Bertz CT molecular complexity index is 995. The zero-order chi connectivity index (χ0) is 19.6. The largest absolute Gasteiger partial charge is 0.497 e. The highest BCUT2D eigenvalue weighted by Crippen LogP contribution is 2.24. The molecule has 0 unspecified atom stereocenters. The summed E-state index contributed by atoms with van der Waals surface area (Å²) in [5.74, 6) is -1.39. The SMILES string of the molecule is COc1ccc2c(c1)cc(C(=O)N[C@@H](Cc1ccc(F)cc1)C(=O)O)n2C. The number of nitrogens with one attached hydrogen (secondary N) is 1. The molecular weight excluding hydrogens is 351 g/mol. The number of amides is 1. The molecule has 2 N–H and O–H groups in total. The summed E-state index contributed by atoms with van der Waals surface area (Å²) in [5.41, 5.74) is 1.78. The lowest BCUT2D eigenvalue weighted by molar-refractivity contribution is -0.139. The van der Waals surface area contributed by atoms with Crippen LogP contribution in [0.1, 0.15) is 16.1 Å². The topological polar surface area (TPSA) is 80.6 Å². The first-order valence-electron chi connectivity index (χ1n) is 8.30. The van der Waals surface area contributed by atoms with Crippen molar-refractivity contribution in [1.82, 2.24) is 9.88 Å². The fraction of sp³-hybridized carbons (Fsp3) is 0.200. The molecule has 0 fully saturated rings. The van der Waals surface area contributed by atoms with Gasteiger partial charge in [-0.05, 0) is 42.0 Å². The predicted molar refractivity (Wildman–Crippen MR) is 98.5 cm³/mol. The van der Waals surface area contributed by atoms with Gasteiger partial charge in [0.1, 0.15) is 23.3 Å². The minimum Gasteiger partial charge on any atom is -0.497 e. The van der Waals surface area contributed by atoms with Crippen LogP contribution in [0.2, 0.25) is 0 Å². The van der Waals surface area contributed by atoms with Gasteiger partial charge in [-0.3, -0.25) is 4.79 Å². The molecule has 2 aromatic carbocycles. The quantitative estimate of drug-likeness (QED) is 0.699. The van der Waals surface area contributed by atoms with E-state index in [0.717, 1.165) is 10.9 Å². The highest BCUT2D eigenvalue weighted by molar-refractivity contribution is 6.00. The Balaban J connectivity index is 1.83. The molecular formula is C20H19FN2O4. The number of aromatic nitrogens is 1. The maximum atomic E-state index is 13.0. The number of carbonyl (C=O) groups excluding carboxylic acids is 1. The Kier molecular flexibility index (Phi) is 5.12. The van der Waals surface area contributed by atoms with Crippen molar-refractivity contribution in [3.05, 3.63) is 65.6 Å². The smallest absolute Gasteiger partial charge is 0.326 e. The van der Waals surface area contributed by atoms with Crippen molar-refractivity contribution in [3.63, 3.8) is 0 Å². The van der Waals surface area contributed by atoms with Gasteiger partial charge in [0.2, 0.25) is 0 Å². The Morgan fingerprint density at radius 1 is 1.19 bits per heavy atom. The summed E-state index contributed by atoms with van der Waals surface area (Å²) in [5, 5.41) is 12.8. The second-order valence-electron chi connectivity index (χ2n) is 6.21. The summed E-state index contributed by atoms with van der Waals surface area (Å²) < 4.78 is 19.9. The Morgan fingerprint density at radius 2 is 1.89 bits per heavy atom. The van der Waals surface area contributed by atoms with Crippen molar-refractivity contribution < 1.29 is 23.8 Å². The molecule has 0 aliphatic rings. The summed E-state index contributed by atoms with van der Waals surface area (Å²) in [6.45, 7) is 0. The number of carboxylic acid groups (broad SMARTS) is 1. The summed E-state index contributed by atoms with van der Waals surface area (Å²) >= 11 is 0. The van der Waals surface area contributed by atoms with Crippen molar-refractivity contribution in [2.45, 2.75) is 12.5 Å². The number of methoxy groups -OCH3 is 1. The van der Waals surface area contributed by atoms with Gasteiger partial charge in [0.15, 0.2) is 0 Å². The molecule has 0 aliphatic heterocycles. The number of carboxylic acids is 1. The maximum absolute atomic E-state index is 13.0. The summed E-state index contributed by atoms with van der Waals surface area (Å²) in [4.78, 5) is 24.2. The molecule has 27 heavy (non-hydrogen) atoms. The van der Waals surface area contributed by atoms with E-state index in [9.17, 15) is 19.1 Å². The number of halogens is 1. The third-order valence-corrected chi connectivity index (χ3v) is 4.44. The summed E-state index contributed by atoms with van der Waals surface area (Å²) in [7, 11) is 3.30. The molecule has 1 atom stereocenters. The van der Waals surface area contributed by atoms with Crippen LogP contribution in [0.3, 0.4) is 0 Å². The molecule has 0 spiro atoms. The molecule has 0 aliphatic carbocycles. The molecule has 6 nitrogen and oxygen atoms in total. The standard InChI is InChI=1S/C20H19FN2O4/c1-23-17-8-7-15(27-2)10-13(17)11-18(23)19(24)22-16(20(25)26)9-12-3-5-14(21)6-4-12/h3-8,10-11,16H,9H2,1-2H3,(H,22,24)(H,25,26)/t16-/m0/s1. The molecule has 1 amide bonds. The van der Waals surface area contributed by atoms with Gasteiger partial charge in [-0.1, -0.05) is 12.1 Å². The molecule has 0 saturated carbocycles. The second kappa shape index (κ2) is 7.49. The maximum Gasteiger partial charge on any atom is 0.326 e. The summed E-state index contributed by atoms with van der Waals surface area (Å²) in [6.07, 6.45) is 0.0547. The molecule has 1 aromatic heterocycles. The molecule has 0 bridgehead atoms. The predicted octanol–water partition coefficient (Wildman–Crippen LogP) is 2.75. The van der Waals surface area contributed by atoms with Crippen molar-refractivity contribution in [1.29, 1.82) is 0 Å². The molecule has 1 heterocycles. The average Bonchev–Trinajstić information content (AvgIpc) is 2.98. The number of nitrogens with zero attached hydrogens (tertiary/aromatic N) is 1. The van der Waals surface area contributed by atoms with Gasteiger partial charge in [0, 0.05) is 24.4 Å². The van der Waals surface area contributed by atoms with E-state index < -0.39 is 23.7 Å². The van der Waals surface area contributed by atoms with E-state index in [1.807, 2.05) is 6.07 Å². The van der Waals surface area contributed by atoms with Crippen LogP contribution >= 0.6 is 0 Å². The Labute approximate surface area is 155 Å². The number of benzene rings is 2. The van der Waals surface area contributed by atoms with Gasteiger partial charge < -0.3 is 19.7 Å². The van der Waals surface area contributed by atoms with Crippen LogP contribution in [0.5, 0.6) is 5.75 Å². The number of ether oxygens (including phenoxy) is 1. The molecule has 140 valence electrons. The lowest BCUT2D eigenvalue weighted by Crippen LogP contribution is -2.42. The van der Waals surface area contributed by atoms with Crippen LogP contribution in [0.4, 0.5) is 4.39 Å². The molecule has 7 heteroatoms. The second-order valence-corrected chi connectivity index (χ2v) is 6.21. The lowest BCUT2D eigenvalue weighted by Gasteiger charge is -2.15. The van der Waals surface area contributed by atoms with Crippen molar-refractivity contribution >= 4 is 22.8 Å². The number of aryl methyl sites for hydroxylation is 1.